The number of rotatable bonds is 7. The molecule has 1 aromatic heterocycles. The fourth-order valence-electron chi connectivity index (χ4n) is 2.81. The molecular formula is C19H17N5O4S. The molecule has 0 bridgehead atoms. The Morgan fingerprint density at radius 1 is 1.31 bits per heavy atom. The number of nitriles is 1. The SMILES string of the molecule is N#Cc1cnn(-c2ccc(NCC(C=O)c3ccccc3O)cc2S(N)(=O)=O)c1. The second-order valence-electron chi connectivity index (χ2n) is 6.20. The van der Waals surface area contributed by atoms with Gasteiger partial charge in [-0.25, -0.2) is 18.2 Å². The molecular weight excluding hydrogens is 394 g/mol. The molecule has 0 aliphatic carbocycles. The number of anilines is 1. The van der Waals surface area contributed by atoms with Crippen LogP contribution in [0.2, 0.25) is 0 Å². The van der Waals surface area contributed by atoms with E-state index in [4.69, 9.17) is 10.4 Å². The molecule has 0 saturated heterocycles. The van der Waals surface area contributed by atoms with Gasteiger partial charge >= 0.3 is 0 Å². The summed E-state index contributed by atoms with van der Waals surface area (Å²) in [6.45, 7) is 0.130. The van der Waals surface area contributed by atoms with E-state index >= 15 is 0 Å². The van der Waals surface area contributed by atoms with Crippen molar-refractivity contribution >= 4 is 22.0 Å². The fourth-order valence-corrected chi connectivity index (χ4v) is 3.56. The van der Waals surface area contributed by atoms with Crippen molar-refractivity contribution in [1.82, 2.24) is 9.78 Å². The van der Waals surface area contributed by atoms with Crippen LogP contribution >= 0.6 is 0 Å². The first-order valence-corrected chi connectivity index (χ1v) is 9.97. The van der Waals surface area contributed by atoms with Gasteiger partial charge in [-0.2, -0.15) is 10.4 Å². The smallest absolute Gasteiger partial charge is 0.240 e. The Bertz CT molecular complexity index is 1200. The van der Waals surface area contributed by atoms with E-state index in [2.05, 4.69) is 10.4 Å². The summed E-state index contributed by atoms with van der Waals surface area (Å²) >= 11 is 0. The van der Waals surface area contributed by atoms with Gasteiger partial charge in [-0.05, 0) is 24.3 Å². The second-order valence-corrected chi connectivity index (χ2v) is 7.73. The molecule has 1 heterocycles. The number of para-hydroxylation sites is 1. The highest BCUT2D eigenvalue weighted by molar-refractivity contribution is 7.89. The largest absolute Gasteiger partial charge is 0.508 e. The first-order chi connectivity index (χ1) is 13.8. The fraction of sp³-hybridized carbons (Fsp3) is 0.105. The number of aromatic hydroxyl groups is 1. The normalized spacial score (nSPS) is 12.1. The molecule has 9 nitrogen and oxygen atoms in total. The number of nitrogens with zero attached hydrogens (tertiary/aromatic N) is 3. The minimum Gasteiger partial charge on any atom is -0.508 e. The number of aromatic nitrogens is 2. The highest BCUT2D eigenvalue weighted by Crippen LogP contribution is 2.26. The standard InChI is InChI=1S/C19H17N5O4S/c20-8-13-9-23-24(11-13)17-6-5-15(7-19(17)29(21,27)28)22-10-14(12-25)16-3-1-2-4-18(16)26/h1-7,9,11-12,14,22,26H,10H2,(H2,21,27,28). The van der Waals surface area contributed by atoms with E-state index in [1.165, 1.54) is 35.3 Å². The molecule has 0 saturated carbocycles. The number of phenolic OH excluding ortho intramolecular Hbond substituents is 1. The van der Waals surface area contributed by atoms with Crippen LogP contribution in [0.25, 0.3) is 5.69 Å². The summed E-state index contributed by atoms with van der Waals surface area (Å²) < 4.78 is 25.4. The molecule has 3 rings (SSSR count). The van der Waals surface area contributed by atoms with Crippen LogP contribution in [0.1, 0.15) is 17.0 Å². The third-order valence-corrected chi connectivity index (χ3v) is 5.19. The molecule has 0 radical (unpaired) electrons. The van der Waals surface area contributed by atoms with Crippen LogP contribution in [-0.4, -0.2) is 36.1 Å². The van der Waals surface area contributed by atoms with Crippen molar-refractivity contribution in [2.24, 2.45) is 5.14 Å². The van der Waals surface area contributed by atoms with Crippen LogP contribution in [0, 0.1) is 11.3 Å². The molecule has 0 amide bonds. The number of nitrogens with one attached hydrogen (secondary N) is 1. The van der Waals surface area contributed by atoms with Crippen LogP contribution in [-0.2, 0) is 14.8 Å². The lowest BCUT2D eigenvalue weighted by atomic mass is 9.99. The summed E-state index contributed by atoms with van der Waals surface area (Å²) in [7, 11) is -4.10. The predicted octanol–water partition coefficient (Wildman–Crippen LogP) is 1.49. The molecule has 10 heteroatoms. The van der Waals surface area contributed by atoms with Crippen molar-refractivity contribution in [2.45, 2.75) is 10.8 Å². The van der Waals surface area contributed by atoms with Gasteiger partial charge in [0.25, 0.3) is 0 Å². The van der Waals surface area contributed by atoms with Gasteiger partial charge < -0.3 is 15.2 Å². The maximum Gasteiger partial charge on any atom is 0.240 e. The number of hydrogen-bond donors (Lipinski definition) is 3. The molecule has 4 N–H and O–H groups in total. The Hall–Kier alpha value is -3.68. The van der Waals surface area contributed by atoms with E-state index < -0.39 is 15.9 Å². The number of phenols is 1. The summed E-state index contributed by atoms with van der Waals surface area (Å²) in [6.07, 6.45) is 3.39. The quantitative estimate of drug-likeness (QED) is 0.498. The lowest BCUT2D eigenvalue weighted by molar-refractivity contribution is -0.108. The van der Waals surface area contributed by atoms with Crippen molar-refractivity contribution in [3.8, 4) is 17.5 Å². The highest BCUT2D eigenvalue weighted by atomic mass is 32.2. The summed E-state index contributed by atoms with van der Waals surface area (Å²) in [5.41, 5.74) is 1.32. The number of benzene rings is 2. The summed E-state index contributed by atoms with van der Waals surface area (Å²) in [6, 6.07) is 12.8. The Morgan fingerprint density at radius 2 is 2.07 bits per heavy atom. The predicted molar refractivity (Wildman–Crippen MR) is 105 cm³/mol. The molecule has 0 fully saturated rings. The van der Waals surface area contributed by atoms with Crippen molar-refractivity contribution in [2.75, 3.05) is 11.9 Å². The van der Waals surface area contributed by atoms with Crippen LogP contribution in [0.3, 0.4) is 0 Å². The van der Waals surface area contributed by atoms with E-state index in [1.807, 2.05) is 6.07 Å². The first-order valence-electron chi connectivity index (χ1n) is 8.42. The van der Waals surface area contributed by atoms with Crippen LogP contribution in [0.15, 0.2) is 59.8 Å². The van der Waals surface area contributed by atoms with Gasteiger partial charge in [-0.15, -0.1) is 0 Å². The first kappa shape index (κ1) is 20.1. The van der Waals surface area contributed by atoms with Crippen molar-refractivity contribution in [3.05, 3.63) is 66.0 Å². The van der Waals surface area contributed by atoms with Crippen molar-refractivity contribution < 1.29 is 18.3 Å². The average Bonchev–Trinajstić information content (AvgIpc) is 3.18. The third kappa shape index (κ3) is 4.43. The molecule has 0 aliphatic heterocycles. The van der Waals surface area contributed by atoms with Gasteiger partial charge in [0.05, 0.1) is 23.4 Å². The number of primary sulfonamides is 1. The maximum absolute atomic E-state index is 12.1. The maximum atomic E-state index is 12.1. The highest BCUT2D eigenvalue weighted by Gasteiger charge is 2.19. The van der Waals surface area contributed by atoms with E-state index in [9.17, 15) is 18.3 Å². The number of aldehydes is 1. The van der Waals surface area contributed by atoms with Gasteiger partial charge in [0, 0.05) is 24.0 Å². The zero-order chi connectivity index (χ0) is 21.0. The lowest BCUT2D eigenvalue weighted by Gasteiger charge is -2.16. The van der Waals surface area contributed by atoms with Crippen LogP contribution in [0.4, 0.5) is 5.69 Å². The summed E-state index contributed by atoms with van der Waals surface area (Å²) in [4.78, 5) is 11.3. The zero-order valence-electron chi connectivity index (χ0n) is 15.1. The summed E-state index contributed by atoms with van der Waals surface area (Å²) in [5, 5.41) is 31.2. The number of carbonyl (C=O) groups excluding carboxylic acids is 1. The zero-order valence-corrected chi connectivity index (χ0v) is 15.9. The molecule has 1 atom stereocenters. The number of sulfonamides is 1. The van der Waals surface area contributed by atoms with Gasteiger partial charge in [-0.1, -0.05) is 18.2 Å². The third-order valence-electron chi connectivity index (χ3n) is 4.25. The summed E-state index contributed by atoms with van der Waals surface area (Å²) in [5.74, 6) is -0.642. The van der Waals surface area contributed by atoms with E-state index in [0.29, 0.717) is 17.5 Å². The second kappa shape index (κ2) is 8.14. The van der Waals surface area contributed by atoms with Crippen LogP contribution < -0.4 is 10.5 Å². The van der Waals surface area contributed by atoms with Crippen LogP contribution in [0.5, 0.6) is 5.75 Å². The lowest BCUT2D eigenvalue weighted by Crippen LogP contribution is -2.17. The molecule has 148 valence electrons. The Balaban J connectivity index is 1.90. The Kier molecular flexibility index (Phi) is 5.63. The monoisotopic (exact) mass is 411 g/mol. The van der Waals surface area contributed by atoms with Gasteiger partial charge in [0.2, 0.25) is 10.0 Å². The number of nitrogens with two attached hydrogens (primary N) is 1. The minimum absolute atomic E-state index is 0.000970. The van der Waals surface area contributed by atoms with E-state index in [-0.39, 0.29) is 28.4 Å². The van der Waals surface area contributed by atoms with Crippen molar-refractivity contribution in [3.63, 3.8) is 0 Å². The molecule has 0 aliphatic rings. The molecule has 0 spiro atoms. The topological polar surface area (TPSA) is 151 Å². The van der Waals surface area contributed by atoms with E-state index in [0.717, 1.165) is 0 Å². The van der Waals surface area contributed by atoms with Gasteiger partial charge in [0.1, 0.15) is 23.0 Å². The molecule has 2 aromatic carbocycles. The average molecular weight is 411 g/mol. The van der Waals surface area contributed by atoms with Crippen molar-refractivity contribution in [1.29, 1.82) is 5.26 Å². The number of carbonyl (C=O) groups is 1. The molecule has 29 heavy (non-hydrogen) atoms. The molecule has 1 unspecified atom stereocenters. The Morgan fingerprint density at radius 3 is 2.69 bits per heavy atom. The molecule has 3 aromatic rings. The minimum atomic E-state index is -4.10. The van der Waals surface area contributed by atoms with Gasteiger partial charge in [0.15, 0.2) is 0 Å². The van der Waals surface area contributed by atoms with Gasteiger partial charge in [-0.3, -0.25) is 0 Å². The van der Waals surface area contributed by atoms with E-state index in [1.54, 1.807) is 24.3 Å². The Labute approximate surface area is 167 Å². The number of hydrogen-bond acceptors (Lipinski definition) is 7.